The van der Waals surface area contributed by atoms with Gasteiger partial charge >= 0.3 is 0 Å². The van der Waals surface area contributed by atoms with Gasteiger partial charge in [-0.3, -0.25) is 5.10 Å². The fraction of sp³-hybridized carbons (Fsp3) is 0.462. The first-order valence-corrected chi connectivity index (χ1v) is 10.0. The van der Waals surface area contributed by atoms with Crippen molar-refractivity contribution in [3.63, 3.8) is 0 Å². The van der Waals surface area contributed by atoms with E-state index in [0.717, 1.165) is 20.4 Å². The molecule has 18 heavy (non-hydrogen) atoms. The molecule has 0 atom stereocenters. The molecule has 0 unspecified atom stereocenters. The first-order valence-electron chi connectivity index (χ1n) is 6.04. The molecule has 0 fully saturated rings. The summed E-state index contributed by atoms with van der Waals surface area (Å²) in [5.41, 5.74) is 1.04. The molecule has 0 bridgehead atoms. The third kappa shape index (κ3) is 2.42. The minimum absolute atomic E-state index is 0.199. The number of benzene rings is 1. The van der Waals surface area contributed by atoms with Gasteiger partial charge in [-0.15, -0.1) is 0 Å². The maximum atomic E-state index is 6.39. The fourth-order valence-electron chi connectivity index (χ4n) is 1.52. The first-order chi connectivity index (χ1) is 8.22. The van der Waals surface area contributed by atoms with Crippen molar-refractivity contribution in [2.24, 2.45) is 0 Å². The maximum Gasteiger partial charge on any atom is 0.250 e. The Labute approximate surface area is 123 Å². The Kier molecular flexibility index (Phi) is 3.48. The zero-order valence-electron chi connectivity index (χ0n) is 11.5. The predicted octanol–water partition coefficient (Wildman–Crippen LogP) is 4.55. The average Bonchev–Trinajstić information content (AvgIpc) is 2.59. The summed E-state index contributed by atoms with van der Waals surface area (Å²) in [6, 6.07) is 6.09. The number of rotatable bonds is 2. The van der Waals surface area contributed by atoms with Crippen LogP contribution in [0.4, 0.5) is 0 Å². The topological polar surface area (TPSA) is 37.9 Å². The van der Waals surface area contributed by atoms with Crippen molar-refractivity contribution in [1.29, 1.82) is 0 Å². The van der Waals surface area contributed by atoms with Crippen LogP contribution in [0.3, 0.4) is 0 Å². The van der Waals surface area contributed by atoms with Gasteiger partial charge in [0, 0.05) is 0 Å². The van der Waals surface area contributed by atoms with Gasteiger partial charge in [-0.25, -0.2) is 0 Å². The van der Waals surface area contributed by atoms with Crippen molar-refractivity contribution in [2.75, 3.05) is 0 Å². The highest BCUT2D eigenvalue weighted by molar-refractivity contribution is 14.1. The van der Waals surface area contributed by atoms with Crippen molar-refractivity contribution in [2.45, 2.75) is 38.9 Å². The zero-order valence-corrected chi connectivity index (χ0v) is 14.6. The van der Waals surface area contributed by atoms with Crippen LogP contribution in [-0.4, -0.2) is 18.5 Å². The quantitative estimate of drug-likeness (QED) is 0.619. The number of halogens is 1. The lowest BCUT2D eigenvalue weighted by Crippen LogP contribution is -2.43. The molecule has 3 nitrogen and oxygen atoms in total. The van der Waals surface area contributed by atoms with Crippen LogP contribution in [0.5, 0.6) is 5.75 Å². The van der Waals surface area contributed by atoms with Crippen molar-refractivity contribution >= 4 is 41.8 Å². The Balaban J connectivity index is 2.47. The van der Waals surface area contributed by atoms with E-state index < -0.39 is 8.32 Å². The third-order valence-electron chi connectivity index (χ3n) is 3.68. The minimum Gasteiger partial charge on any atom is -0.543 e. The van der Waals surface area contributed by atoms with E-state index in [2.05, 4.69) is 66.7 Å². The Bertz CT molecular complexity index is 572. The van der Waals surface area contributed by atoms with Crippen LogP contribution in [0.1, 0.15) is 20.8 Å². The summed E-state index contributed by atoms with van der Waals surface area (Å²) in [6.45, 7) is 11.3. The Morgan fingerprint density at radius 3 is 2.56 bits per heavy atom. The molecule has 0 spiro atoms. The summed E-state index contributed by atoms with van der Waals surface area (Å²) in [7, 11) is -1.80. The van der Waals surface area contributed by atoms with Gasteiger partial charge in [-0.1, -0.05) is 26.8 Å². The van der Waals surface area contributed by atoms with Gasteiger partial charge in [0.1, 0.15) is 9.45 Å². The van der Waals surface area contributed by atoms with Gasteiger partial charge < -0.3 is 4.43 Å². The molecule has 1 aromatic carbocycles. The highest BCUT2D eigenvalue weighted by Crippen LogP contribution is 2.39. The van der Waals surface area contributed by atoms with E-state index in [1.54, 1.807) is 0 Å². The fourth-order valence-corrected chi connectivity index (χ4v) is 3.22. The normalized spacial score (nSPS) is 13.0. The standard InChI is InChI=1S/C13H19IN2OSi/c1-13(2,3)18(4,5)17-10-8-6-7-9-11(10)12(14)16-15-9/h6-8H,1-5H3,(H,15,16). The molecule has 0 aliphatic rings. The van der Waals surface area contributed by atoms with Gasteiger partial charge in [-0.05, 0) is 52.9 Å². The zero-order chi connectivity index (χ0) is 13.6. The van der Waals surface area contributed by atoms with E-state index in [4.69, 9.17) is 4.43 Å². The number of nitrogens with zero attached hydrogens (tertiary/aromatic N) is 1. The van der Waals surface area contributed by atoms with Crippen LogP contribution in [0, 0.1) is 3.70 Å². The largest absolute Gasteiger partial charge is 0.543 e. The van der Waals surface area contributed by atoms with E-state index in [-0.39, 0.29) is 5.04 Å². The molecule has 0 radical (unpaired) electrons. The number of fused-ring (bicyclic) bond motifs is 1. The van der Waals surface area contributed by atoms with E-state index in [1.165, 1.54) is 0 Å². The monoisotopic (exact) mass is 374 g/mol. The lowest BCUT2D eigenvalue weighted by atomic mass is 10.2. The molecule has 98 valence electrons. The Morgan fingerprint density at radius 2 is 1.94 bits per heavy atom. The summed E-state index contributed by atoms with van der Waals surface area (Å²) in [6.07, 6.45) is 0. The number of H-pyrrole nitrogens is 1. The van der Waals surface area contributed by atoms with Crippen LogP contribution in [0.25, 0.3) is 10.9 Å². The molecule has 1 aromatic heterocycles. The summed E-state index contributed by atoms with van der Waals surface area (Å²) in [5.74, 6) is 0.956. The van der Waals surface area contributed by atoms with Crippen LogP contribution in [0.15, 0.2) is 18.2 Å². The van der Waals surface area contributed by atoms with Gasteiger partial charge in [0.2, 0.25) is 0 Å². The van der Waals surface area contributed by atoms with Crippen LogP contribution in [0.2, 0.25) is 18.1 Å². The molecule has 0 amide bonds. The number of aromatic amines is 1. The Morgan fingerprint density at radius 1 is 1.28 bits per heavy atom. The molecule has 2 aromatic rings. The predicted molar refractivity (Wildman–Crippen MR) is 86.6 cm³/mol. The second kappa shape index (κ2) is 4.52. The number of hydrogen-bond donors (Lipinski definition) is 1. The van der Waals surface area contributed by atoms with Crippen LogP contribution < -0.4 is 4.43 Å². The highest BCUT2D eigenvalue weighted by atomic mass is 127. The van der Waals surface area contributed by atoms with Crippen LogP contribution in [-0.2, 0) is 0 Å². The smallest absolute Gasteiger partial charge is 0.250 e. The van der Waals surface area contributed by atoms with Crippen molar-refractivity contribution < 1.29 is 4.43 Å². The van der Waals surface area contributed by atoms with E-state index in [9.17, 15) is 0 Å². The van der Waals surface area contributed by atoms with Gasteiger partial charge in [0.05, 0.1) is 10.9 Å². The van der Waals surface area contributed by atoms with Gasteiger partial charge in [0.15, 0.2) is 0 Å². The van der Waals surface area contributed by atoms with Gasteiger partial charge in [0.25, 0.3) is 8.32 Å². The second-order valence-electron chi connectivity index (χ2n) is 6.06. The molecule has 1 N–H and O–H groups in total. The molecular formula is C13H19IN2OSi. The SMILES string of the molecule is CC(C)(C)[Si](C)(C)Oc1cccc2[nH]nc(I)c12. The molecule has 0 saturated heterocycles. The van der Waals surface area contributed by atoms with Crippen LogP contribution >= 0.6 is 22.6 Å². The molecular weight excluding hydrogens is 355 g/mol. The minimum atomic E-state index is -1.80. The average molecular weight is 374 g/mol. The molecule has 0 saturated carbocycles. The highest BCUT2D eigenvalue weighted by Gasteiger charge is 2.39. The van der Waals surface area contributed by atoms with Crippen molar-refractivity contribution in [3.8, 4) is 5.75 Å². The van der Waals surface area contributed by atoms with E-state index in [1.807, 2.05) is 18.2 Å². The molecule has 2 rings (SSSR count). The molecule has 0 aliphatic carbocycles. The maximum absolute atomic E-state index is 6.39. The third-order valence-corrected chi connectivity index (χ3v) is 8.80. The first kappa shape index (κ1) is 13.9. The number of nitrogens with one attached hydrogen (secondary N) is 1. The van der Waals surface area contributed by atoms with E-state index in [0.29, 0.717) is 0 Å². The molecule has 0 aliphatic heterocycles. The summed E-state index contributed by atoms with van der Waals surface area (Å²) < 4.78 is 7.36. The lowest BCUT2D eigenvalue weighted by molar-refractivity contribution is 0.496. The molecule has 1 heterocycles. The summed E-state index contributed by atoms with van der Waals surface area (Å²) in [5, 5.41) is 8.58. The number of hydrogen-bond acceptors (Lipinski definition) is 2. The van der Waals surface area contributed by atoms with E-state index >= 15 is 0 Å². The Hall–Kier alpha value is -0.563. The lowest BCUT2D eigenvalue weighted by Gasteiger charge is -2.36. The summed E-state index contributed by atoms with van der Waals surface area (Å²) in [4.78, 5) is 0. The number of aromatic nitrogens is 2. The van der Waals surface area contributed by atoms with Crippen molar-refractivity contribution in [1.82, 2.24) is 10.2 Å². The summed E-state index contributed by atoms with van der Waals surface area (Å²) >= 11 is 2.24. The van der Waals surface area contributed by atoms with Gasteiger partial charge in [-0.2, -0.15) is 5.10 Å². The van der Waals surface area contributed by atoms with Crippen molar-refractivity contribution in [3.05, 3.63) is 21.9 Å². The second-order valence-corrected chi connectivity index (χ2v) is 11.8. The molecule has 5 heteroatoms.